The van der Waals surface area contributed by atoms with Crippen LogP contribution in [0.2, 0.25) is 10.0 Å². The number of amides is 1. The number of benzene rings is 3. The van der Waals surface area contributed by atoms with Crippen LogP contribution in [0.5, 0.6) is 5.75 Å². The first-order chi connectivity index (χ1) is 13.1. The van der Waals surface area contributed by atoms with Crippen LogP contribution in [0.15, 0.2) is 66.7 Å². The number of carbonyl (C=O) groups is 1. The zero-order chi connectivity index (χ0) is 19.2. The van der Waals surface area contributed by atoms with Gasteiger partial charge in [-0.1, -0.05) is 59.6 Å². The van der Waals surface area contributed by atoms with E-state index in [-0.39, 0.29) is 12.3 Å². The molecule has 0 fully saturated rings. The van der Waals surface area contributed by atoms with Crippen LogP contribution in [-0.4, -0.2) is 13.0 Å². The monoisotopic (exact) mass is 400 g/mol. The van der Waals surface area contributed by atoms with Gasteiger partial charge in [0.25, 0.3) is 0 Å². The molecule has 6 heteroatoms. The van der Waals surface area contributed by atoms with Crippen molar-refractivity contribution in [1.82, 2.24) is 0 Å². The number of methoxy groups -OCH3 is 1. The minimum atomic E-state index is -0.154. The fourth-order valence-corrected chi connectivity index (χ4v) is 3.16. The van der Waals surface area contributed by atoms with Crippen molar-refractivity contribution in [2.75, 3.05) is 17.7 Å². The van der Waals surface area contributed by atoms with Crippen molar-refractivity contribution in [3.8, 4) is 5.75 Å². The molecular weight excluding hydrogens is 383 g/mol. The summed E-state index contributed by atoms with van der Waals surface area (Å²) < 4.78 is 5.27. The summed E-state index contributed by atoms with van der Waals surface area (Å²) >= 11 is 12.5. The van der Waals surface area contributed by atoms with Gasteiger partial charge in [0.05, 0.1) is 35.0 Å². The first-order valence-electron chi connectivity index (χ1n) is 8.30. The van der Waals surface area contributed by atoms with Gasteiger partial charge in [-0.05, 0) is 35.9 Å². The first kappa shape index (κ1) is 19.1. The van der Waals surface area contributed by atoms with Gasteiger partial charge in [0.2, 0.25) is 5.91 Å². The Morgan fingerprint density at radius 1 is 0.889 bits per heavy atom. The normalized spacial score (nSPS) is 10.3. The minimum Gasteiger partial charge on any atom is -0.495 e. The summed E-state index contributed by atoms with van der Waals surface area (Å²) in [7, 11) is 1.57. The molecule has 0 saturated carbocycles. The number of ether oxygens (including phenoxy) is 1. The highest BCUT2D eigenvalue weighted by molar-refractivity contribution is 6.39. The van der Waals surface area contributed by atoms with Crippen LogP contribution in [-0.2, 0) is 11.2 Å². The molecule has 0 aliphatic heterocycles. The second-order valence-corrected chi connectivity index (χ2v) is 6.62. The van der Waals surface area contributed by atoms with E-state index in [2.05, 4.69) is 10.6 Å². The van der Waals surface area contributed by atoms with Gasteiger partial charge in [-0.25, -0.2) is 0 Å². The molecule has 0 unspecified atom stereocenters. The Bertz CT molecular complexity index is 940. The van der Waals surface area contributed by atoms with Crippen LogP contribution in [0.3, 0.4) is 0 Å². The first-order valence-corrected chi connectivity index (χ1v) is 9.06. The predicted molar refractivity (Wildman–Crippen MR) is 112 cm³/mol. The predicted octanol–water partition coefficient (Wildman–Crippen LogP) is 5.93. The molecule has 0 aromatic heterocycles. The molecule has 0 bridgehead atoms. The molecule has 3 rings (SSSR count). The highest BCUT2D eigenvalue weighted by Crippen LogP contribution is 2.33. The molecule has 0 aliphatic carbocycles. The molecule has 4 nitrogen and oxygen atoms in total. The number of carbonyl (C=O) groups excluding carboxylic acids is 1. The van der Waals surface area contributed by atoms with Crippen molar-refractivity contribution in [2.45, 2.75) is 6.42 Å². The van der Waals surface area contributed by atoms with E-state index in [0.29, 0.717) is 27.2 Å². The lowest BCUT2D eigenvalue weighted by atomic mass is 10.1. The van der Waals surface area contributed by atoms with Crippen molar-refractivity contribution < 1.29 is 9.53 Å². The van der Waals surface area contributed by atoms with Gasteiger partial charge in [0, 0.05) is 5.69 Å². The number of hydrogen-bond acceptors (Lipinski definition) is 3. The van der Waals surface area contributed by atoms with Crippen LogP contribution >= 0.6 is 23.2 Å². The van der Waals surface area contributed by atoms with Gasteiger partial charge in [-0.2, -0.15) is 0 Å². The quantitative estimate of drug-likeness (QED) is 0.539. The fraction of sp³-hybridized carbons (Fsp3) is 0.0952. The average Bonchev–Trinajstić information content (AvgIpc) is 2.66. The molecule has 138 valence electrons. The zero-order valence-corrected chi connectivity index (χ0v) is 16.1. The molecular formula is C21H18Cl2N2O2. The third-order valence-corrected chi connectivity index (χ3v) is 4.60. The maximum Gasteiger partial charge on any atom is 0.228 e. The van der Waals surface area contributed by atoms with Crippen LogP contribution in [0.4, 0.5) is 17.1 Å². The Labute approximate surface area is 168 Å². The lowest BCUT2D eigenvalue weighted by Crippen LogP contribution is -2.15. The summed E-state index contributed by atoms with van der Waals surface area (Å²) in [4.78, 5) is 12.5. The highest BCUT2D eigenvalue weighted by Gasteiger charge is 2.12. The molecule has 0 heterocycles. The number of rotatable bonds is 6. The third-order valence-electron chi connectivity index (χ3n) is 3.97. The van der Waals surface area contributed by atoms with E-state index >= 15 is 0 Å². The molecule has 0 saturated heterocycles. The summed E-state index contributed by atoms with van der Waals surface area (Å²) in [6, 6.07) is 20.1. The van der Waals surface area contributed by atoms with Gasteiger partial charge >= 0.3 is 0 Å². The fourth-order valence-electron chi connectivity index (χ4n) is 2.66. The lowest BCUT2D eigenvalue weighted by molar-refractivity contribution is -0.115. The molecule has 1 amide bonds. The molecule has 0 spiro atoms. The van der Waals surface area contributed by atoms with E-state index in [1.54, 1.807) is 37.4 Å². The van der Waals surface area contributed by atoms with Crippen molar-refractivity contribution in [2.24, 2.45) is 0 Å². The smallest absolute Gasteiger partial charge is 0.228 e. The Balaban J connectivity index is 1.79. The van der Waals surface area contributed by atoms with E-state index < -0.39 is 0 Å². The van der Waals surface area contributed by atoms with Crippen LogP contribution in [0.25, 0.3) is 0 Å². The minimum absolute atomic E-state index is 0.154. The topological polar surface area (TPSA) is 50.4 Å². The lowest BCUT2D eigenvalue weighted by Gasteiger charge is -2.15. The van der Waals surface area contributed by atoms with Crippen molar-refractivity contribution >= 4 is 46.2 Å². The maximum atomic E-state index is 12.5. The standard InChI is InChI=1S/C21H18Cl2N2O2/c1-27-19-12-5-4-11-18(19)24-20(26)13-14-7-2-3-10-17(14)25-21-15(22)8-6-9-16(21)23/h2-12,25H,13H2,1H3,(H,24,26). The second-order valence-electron chi connectivity index (χ2n) is 5.80. The van der Waals surface area contributed by atoms with Crippen molar-refractivity contribution in [3.05, 3.63) is 82.3 Å². The molecule has 0 radical (unpaired) electrons. The summed E-state index contributed by atoms with van der Waals surface area (Å²) in [5.41, 5.74) is 2.83. The van der Waals surface area contributed by atoms with E-state index in [1.807, 2.05) is 36.4 Å². The van der Waals surface area contributed by atoms with Crippen molar-refractivity contribution in [3.63, 3.8) is 0 Å². The van der Waals surface area contributed by atoms with Gasteiger partial charge in [-0.3, -0.25) is 4.79 Å². The Hall–Kier alpha value is -2.69. The summed E-state index contributed by atoms with van der Waals surface area (Å²) in [6.45, 7) is 0. The maximum absolute atomic E-state index is 12.5. The van der Waals surface area contributed by atoms with Crippen LogP contribution in [0.1, 0.15) is 5.56 Å². The van der Waals surface area contributed by atoms with Gasteiger partial charge in [0.15, 0.2) is 0 Å². The molecule has 3 aromatic rings. The summed E-state index contributed by atoms with van der Waals surface area (Å²) in [6.07, 6.45) is 0.184. The highest BCUT2D eigenvalue weighted by atomic mass is 35.5. The Kier molecular flexibility index (Phi) is 6.22. The molecule has 27 heavy (non-hydrogen) atoms. The number of anilines is 3. The van der Waals surface area contributed by atoms with Crippen LogP contribution in [0, 0.1) is 0 Å². The zero-order valence-electron chi connectivity index (χ0n) is 14.6. The third kappa shape index (κ3) is 4.73. The summed E-state index contributed by atoms with van der Waals surface area (Å²) in [5.74, 6) is 0.458. The van der Waals surface area contributed by atoms with Gasteiger partial charge in [-0.15, -0.1) is 0 Å². The molecule has 0 aliphatic rings. The summed E-state index contributed by atoms with van der Waals surface area (Å²) in [5, 5.41) is 7.13. The van der Waals surface area contributed by atoms with E-state index in [0.717, 1.165) is 11.3 Å². The van der Waals surface area contributed by atoms with Gasteiger partial charge in [0.1, 0.15) is 5.75 Å². The second kappa shape index (κ2) is 8.80. The van der Waals surface area contributed by atoms with E-state index in [1.165, 1.54) is 0 Å². The number of nitrogens with one attached hydrogen (secondary N) is 2. The number of para-hydroxylation sites is 4. The van der Waals surface area contributed by atoms with E-state index in [4.69, 9.17) is 27.9 Å². The largest absolute Gasteiger partial charge is 0.495 e. The molecule has 3 aromatic carbocycles. The van der Waals surface area contributed by atoms with E-state index in [9.17, 15) is 4.79 Å². The van der Waals surface area contributed by atoms with Crippen LogP contribution < -0.4 is 15.4 Å². The van der Waals surface area contributed by atoms with Gasteiger partial charge < -0.3 is 15.4 Å². The van der Waals surface area contributed by atoms with Crippen molar-refractivity contribution in [1.29, 1.82) is 0 Å². The number of halogens is 2. The Morgan fingerprint density at radius 3 is 2.22 bits per heavy atom. The average molecular weight is 401 g/mol. The molecule has 2 N–H and O–H groups in total. The SMILES string of the molecule is COc1ccccc1NC(=O)Cc1ccccc1Nc1c(Cl)cccc1Cl. The Morgan fingerprint density at radius 2 is 1.52 bits per heavy atom. The number of hydrogen-bond donors (Lipinski definition) is 2. The molecule has 0 atom stereocenters.